The first-order valence-corrected chi connectivity index (χ1v) is 10.6. The van der Waals surface area contributed by atoms with E-state index in [0.717, 1.165) is 23.7 Å². The zero-order valence-electron chi connectivity index (χ0n) is 15.6. The van der Waals surface area contributed by atoms with Gasteiger partial charge in [0.05, 0.1) is 0 Å². The number of rotatable bonds is 9. The van der Waals surface area contributed by atoms with Crippen molar-refractivity contribution >= 4 is 0 Å². The van der Waals surface area contributed by atoms with Gasteiger partial charge in [-0.3, -0.25) is 0 Å². The molecule has 132 valence electrons. The molecule has 0 spiro atoms. The molecule has 0 heterocycles. The van der Waals surface area contributed by atoms with Crippen molar-refractivity contribution in [2.24, 2.45) is 23.7 Å². The van der Waals surface area contributed by atoms with Crippen molar-refractivity contribution in [2.45, 2.75) is 96.8 Å². The average Bonchev–Trinajstić information content (AvgIpc) is 2.61. The predicted octanol–water partition coefficient (Wildman–Crippen LogP) is 7.70. The fourth-order valence-electron chi connectivity index (χ4n) is 4.89. The molecule has 2 rings (SSSR count). The van der Waals surface area contributed by atoms with Crippen molar-refractivity contribution in [3.05, 3.63) is 24.8 Å². The van der Waals surface area contributed by atoms with Crippen LogP contribution in [0.1, 0.15) is 96.8 Å². The van der Waals surface area contributed by atoms with Crippen LogP contribution in [0.3, 0.4) is 0 Å². The standard InChI is InChI=1S/C23H40/c1-3-5-6-9-21-16-18-23(19-17-21)11-8-7-10-22-14-12-20(4-2)13-15-22/h3-5,20-23H,2,6-19H2,1H3. The fraction of sp³-hybridized carbons (Fsp3) is 0.826. The van der Waals surface area contributed by atoms with Gasteiger partial charge in [-0.25, -0.2) is 0 Å². The third-order valence-electron chi connectivity index (χ3n) is 6.64. The molecule has 2 aliphatic rings. The van der Waals surface area contributed by atoms with Crippen molar-refractivity contribution in [2.75, 3.05) is 0 Å². The second-order valence-corrected chi connectivity index (χ2v) is 8.33. The maximum Gasteiger partial charge on any atom is -0.0236 e. The second kappa shape index (κ2) is 11.1. The molecule has 0 radical (unpaired) electrons. The molecule has 0 heteroatoms. The Morgan fingerprint density at radius 3 is 1.70 bits per heavy atom. The quantitative estimate of drug-likeness (QED) is 0.302. The molecule has 0 amide bonds. The Balaban J connectivity index is 1.47. The van der Waals surface area contributed by atoms with E-state index in [2.05, 4.69) is 31.7 Å². The number of allylic oxidation sites excluding steroid dienone is 3. The van der Waals surface area contributed by atoms with Crippen LogP contribution in [0.25, 0.3) is 0 Å². The van der Waals surface area contributed by atoms with Gasteiger partial charge in [0.1, 0.15) is 0 Å². The molecule has 0 atom stereocenters. The zero-order valence-corrected chi connectivity index (χ0v) is 15.6. The molecule has 0 nitrogen and oxygen atoms in total. The Morgan fingerprint density at radius 1 is 0.739 bits per heavy atom. The highest BCUT2D eigenvalue weighted by Crippen LogP contribution is 2.35. The summed E-state index contributed by atoms with van der Waals surface area (Å²) >= 11 is 0. The first-order chi connectivity index (χ1) is 11.3. The lowest BCUT2D eigenvalue weighted by atomic mass is 9.77. The maximum atomic E-state index is 3.96. The van der Waals surface area contributed by atoms with Crippen LogP contribution in [0.15, 0.2) is 24.8 Å². The van der Waals surface area contributed by atoms with E-state index in [1.54, 1.807) is 0 Å². The largest absolute Gasteiger partial charge is 0.103 e. The van der Waals surface area contributed by atoms with E-state index in [1.807, 2.05) is 0 Å². The number of hydrogen-bond donors (Lipinski definition) is 0. The van der Waals surface area contributed by atoms with Crippen LogP contribution in [0.2, 0.25) is 0 Å². The minimum Gasteiger partial charge on any atom is -0.103 e. The lowest BCUT2D eigenvalue weighted by Gasteiger charge is -2.29. The Labute approximate surface area is 145 Å². The SMILES string of the molecule is C=CC1CCC(CCCCC2CCC(CCC=CC)CC2)CC1. The molecule has 0 N–H and O–H groups in total. The fourth-order valence-corrected chi connectivity index (χ4v) is 4.89. The van der Waals surface area contributed by atoms with Crippen molar-refractivity contribution in [3.63, 3.8) is 0 Å². The summed E-state index contributed by atoms with van der Waals surface area (Å²) in [4.78, 5) is 0. The van der Waals surface area contributed by atoms with E-state index >= 15 is 0 Å². The molecule has 0 aromatic rings. The van der Waals surface area contributed by atoms with Gasteiger partial charge in [-0.2, -0.15) is 0 Å². The topological polar surface area (TPSA) is 0 Å². The lowest BCUT2D eigenvalue weighted by Crippen LogP contribution is -2.15. The third kappa shape index (κ3) is 7.27. The smallest absolute Gasteiger partial charge is 0.0236 e. The highest BCUT2D eigenvalue weighted by Gasteiger charge is 2.21. The average molecular weight is 317 g/mol. The van der Waals surface area contributed by atoms with Gasteiger partial charge in [0.2, 0.25) is 0 Å². The molecular weight excluding hydrogens is 276 g/mol. The van der Waals surface area contributed by atoms with Gasteiger partial charge in [-0.1, -0.05) is 69.6 Å². The summed E-state index contributed by atoms with van der Waals surface area (Å²) in [5.74, 6) is 3.95. The normalized spacial score (nSPS) is 32.2. The number of hydrogen-bond acceptors (Lipinski definition) is 0. The molecule has 23 heavy (non-hydrogen) atoms. The summed E-state index contributed by atoms with van der Waals surface area (Å²) in [5.41, 5.74) is 0. The van der Waals surface area contributed by atoms with Crippen LogP contribution >= 0.6 is 0 Å². The van der Waals surface area contributed by atoms with Crippen LogP contribution in [0.4, 0.5) is 0 Å². The first kappa shape index (κ1) is 18.8. The zero-order chi connectivity index (χ0) is 16.3. The highest BCUT2D eigenvalue weighted by atomic mass is 14.3. The van der Waals surface area contributed by atoms with Gasteiger partial charge in [-0.15, -0.1) is 6.58 Å². The molecule has 0 unspecified atom stereocenters. The summed E-state index contributed by atoms with van der Waals surface area (Å²) in [6.07, 6.45) is 27.3. The van der Waals surface area contributed by atoms with E-state index in [-0.39, 0.29) is 0 Å². The summed E-state index contributed by atoms with van der Waals surface area (Å²) in [7, 11) is 0. The Hall–Kier alpha value is -0.520. The Morgan fingerprint density at radius 2 is 1.22 bits per heavy atom. The minimum atomic E-state index is 0.828. The maximum absolute atomic E-state index is 3.96. The molecular formula is C23H40. The monoisotopic (exact) mass is 316 g/mol. The van der Waals surface area contributed by atoms with Crippen molar-refractivity contribution < 1.29 is 0 Å². The van der Waals surface area contributed by atoms with Gasteiger partial charge >= 0.3 is 0 Å². The van der Waals surface area contributed by atoms with E-state index in [0.29, 0.717) is 0 Å². The third-order valence-corrected chi connectivity index (χ3v) is 6.64. The van der Waals surface area contributed by atoms with Crippen LogP contribution in [0.5, 0.6) is 0 Å². The molecule has 0 saturated heterocycles. The van der Waals surface area contributed by atoms with Gasteiger partial charge in [0.15, 0.2) is 0 Å². The van der Waals surface area contributed by atoms with Gasteiger partial charge in [-0.05, 0) is 69.1 Å². The van der Waals surface area contributed by atoms with E-state index in [4.69, 9.17) is 0 Å². The first-order valence-electron chi connectivity index (χ1n) is 10.6. The van der Waals surface area contributed by atoms with Crippen molar-refractivity contribution in [1.29, 1.82) is 0 Å². The van der Waals surface area contributed by atoms with Crippen molar-refractivity contribution in [1.82, 2.24) is 0 Å². The van der Waals surface area contributed by atoms with E-state index in [1.165, 1.54) is 89.9 Å². The van der Waals surface area contributed by atoms with Crippen LogP contribution < -0.4 is 0 Å². The molecule has 2 saturated carbocycles. The van der Waals surface area contributed by atoms with Crippen LogP contribution in [0, 0.1) is 23.7 Å². The minimum absolute atomic E-state index is 0.828. The van der Waals surface area contributed by atoms with E-state index in [9.17, 15) is 0 Å². The summed E-state index contributed by atoms with van der Waals surface area (Å²) in [6, 6.07) is 0. The van der Waals surface area contributed by atoms with Gasteiger partial charge in [0.25, 0.3) is 0 Å². The lowest BCUT2D eigenvalue weighted by molar-refractivity contribution is 0.243. The highest BCUT2D eigenvalue weighted by molar-refractivity contribution is 4.84. The summed E-state index contributed by atoms with van der Waals surface area (Å²) in [5, 5.41) is 0. The van der Waals surface area contributed by atoms with Gasteiger partial charge < -0.3 is 0 Å². The second-order valence-electron chi connectivity index (χ2n) is 8.33. The molecule has 0 aromatic carbocycles. The Kier molecular flexibility index (Phi) is 9.09. The number of unbranched alkanes of at least 4 members (excludes halogenated alkanes) is 1. The molecule has 2 aliphatic carbocycles. The molecule has 0 bridgehead atoms. The van der Waals surface area contributed by atoms with Crippen LogP contribution in [-0.2, 0) is 0 Å². The Bertz CT molecular complexity index is 324. The molecule has 0 aliphatic heterocycles. The summed E-state index contributed by atoms with van der Waals surface area (Å²) in [6.45, 7) is 6.10. The van der Waals surface area contributed by atoms with Gasteiger partial charge in [0, 0.05) is 0 Å². The van der Waals surface area contributed by atoms with E-state index < -0.39 is 0 Å². The summed E-state index contributed by atoms with van der Waals surface area (Å²) < 4.78 is 0. The van der Waals surface area contributed by atoms with Crippen LogP contribution in [-0.4, -0.2) is 0 Å². The molecule has 0 aromatic heterocycles. The predicted molar refractivity (Wildman–Crippen MR) is 104 cm³/mol. The van der Waals surface area contributed by atoms with Crippen molar-refractivity contribution in [3.8, 4) is 0 Å². The molecule has 2 fully saturated rings.